The SMILES string of the molecule is C=C1C[C@@H](c2ncc(-c3ccc(-c4ccc5cc(C6CN=C([C@@H]7CCCN7C(=O)[C@@H](NC(=O)OC)C(C)C)N6)ccc5c4)cc3)[nH]2)N(C(=O)[C@@H](NC(=O)OC)C(C)C)C1. The first-order valence-electron chi connectivity index (χ1n) is 20.3. The van der Waals surface area contributed by atoms with Crippen molar-refractivity contribution in [1.29, 1.82) is 0 Å². The number of ether oxygens (including phenoxy) is 2. The van der Waals surface area contributed by atoms with E-state index in [1.165, 1.54) is 14.2 Å². The second kappa shape index (κ2) is 17.4. The third kappa shape index (κ3) is 8.67. The summed E-state index contributed by atoms with van der Waals surface area (Å²) < 4.78 is 9.54. The molecule has 0 radical (unpaired) electrons. The van der Waals surface area contributed by atoms with Gasteiger partial charge in [-0.15, -0.1) is 0 Å². The smallest absolute Gasteiger partial charge is 0.407 e. The van der Waals surface area contributed by atoms with Crippen molar-refractivity contribution in [3.05, 3.63) is 90.4 Å². The van der Waals surface area contributed by atoms with E-state index in [0.717, 1.165) is 63.0 Å². The lowest BCUT2D eigenvalue weighted by Crippen LogP contribution is -2.54. The van der Waals surface area contributed by atoms with Crippen LogP contribution in [0.1, 0.15) is 70.4 Å². The summed E-state index contributed by atoms with van der Waals surface area (Å²) in [4.78, 5) is 67.8. The maximum absolute atomic E-state index is 13.7. The van der Waals surface area contributed by atoms with Crippen molar-refractivity contribution in [2.75, 3.05) is 33.9 Å². The number of carbonyl (C=O) groups is 4. The Hall–Kier alpha value is -6.18. The van der Waals surface area contributed by atoms with Gasteiger partial charge < -0.3 is 40.2 Å². The molecule has 1 unspecified atom stereocenters. The number of carbonyl (C=O) groups excluding carboxylic acids is 4. The zero-order valence-corrected chi connectivity index (χ0v) is 34.6. The molecule has 3 aliphatic rings. The van der Waals surface area contributed by atoms with Gasteiger partial charge in [0.25, 0.3) is 0 Å². The predicted molar refractivity (Wildman–Crippen MR) is 226 cm³/mol. The number of amides is 4. The van der Waals surface area contributed by atoms with Crippen LogP contribution in [0.4, 0.5) is 9.59 Å². The predicted octanol–water partition coefficient (Wildman–Crippen LogP) is 6.52. The highest BCUT2D eigenvalue weighted by Gasteiger charge is 2.41. The molecule has 5 atom stereocenters. The Morgan fingerprint density at radius 2 is 1.41 bits per heavy atom. The summed E-state index contributed by atoms with van der Waals surface area (Å²) in [6, 6.07) is 19.4. The number of fused-ring (bicyclic) bond motifs is 1. The zero-order valence-electron chi connectivity index (χ0n) is 34.6. The maximum atomic E-state index is 13.7. The fourth-order valence-corrected chi connectivity index (χ4v) is 8.35. The van der Waals surface area contributed by atoms with E-state index in [1.807, 2.05) is 32.6 Å². The molecule has 14 heteroatoms. The molecular weight excluding hydrogens is 749 g/mol. The average Bonchev–Trinajstić information content (AvgIpc) is 4.08. The molecule has 4 heterocycles. The zero-order chi connectivity index (χ0) is 42.0. The number of benzene rings is 3. The van der Waals surface area contributed by atoms with Crippen molar-refractivity contribution >= 4 is 40.6 Å². The molecule has 59 heavy (non-hydrogen) atoms. The van der Waals surface area contributed by atoms with Crippen LogP contribution in [-0.4, -0.2) is 102 Å². The second-order valence-corrected chi connectivity index (χ2v) is 16.3. The maximum Gasteiger partial charge on any atom is 0.407 e. The van der Waals surface area contributed by atoms with Crippen LogP contribution in [0.2, 0.25) is 0 Å². The van der Waals surface area contributed by atoms with Crippen LogP contribution in [0.15, 0.2) is 84.0 Å². The van der Waals surface area contributed by atoms with Gasteiger partial charge in [0.15, 0.2) is 0 Å². The number of aromatic amines is 1. The van der Waals surface area contributed by atoms with Crippen molar-refractivity contribution in [2.24, 2.45) is 16.8 Å². The van der Waals surface area contributed by atoms with Crippen LogP contribution in [0.25, 0.3) is 33.2 Å². The number of methoxy groups -OCH3 is 2. The molecular formula is C45H54N8O6. The molecule has 3 aliphatic heterocycles. The van der Waals surface area contributed by atoms with E-state index in [0.29, 0.717) is 31.9 Å². The summed E-state index contributed by atoms with van der Waals surface area (Å²) >= 11 is 0. The van der Waals surface area contributed by atoms with Gasteiger partial charge in [0.05, 0.1) is 50.8 Å². The highest BCUT2D eigenvalue weighted by molar-refractivity contribution is 5.96. The molecule has 7 rings (SSSR count). The van der Waals surface area contributed by atoms with Gasteiger partial charge in [0.1, 0.15) is 23.7 Å². The average molecular weight is 803 g/mol. The van der Waals surface area contributed by atoms with Gasteiger partial charge in [0.2, 0.25) is 11.8 Å². The van der Waals surface area contributed by atoms with E-state index in [2.05, 4.69) is 93.2 Å². The number of aliphatic imine (C=N–C) groups is 1. The van der Waals surface area contributed by atoms with Crippen molar-refractivity contribution in [3.8, 4) is 22.4 Å². The largest absolute Gasteiger partial charge is 0.453 e. The Kier molecular flexibility index (Phi) is 12.1. The highest BCUT2D eigenvalue weighted by Crippen LogP contribution is 2.36. The molecule has 2 saturated heterocycles. The van der Waals surface area contributed by atoms with Gasteiger partial charge in [-0.2, -0.15) is 0 Å². The number of aromatic nitrogens is 2. The molecule has 0 saturated carbocycles. The summed E-state index contributed by atoms with van der Waals surface area (Å²) in [5.41, 5.74) is 6.03. The van der Waals surface area contributed by atoms with E-state index < -0.39 is 24.3 Å². The number of nitrogens with zero attached hydrogens (tertiary/aromatic N) is 4. The number of H-pyrrole nitrogens is 1. The normalized spacial score (nSPS) is 20.1. The number of amidine groups is 1. The number of likely N-dealkylation sites (tertiary alicyclic amines) is 2. The molecule has 3 aromatic carbocycles. The summed E-state index contributed by atoms with van der Waals surface area (Å²) in [6.45, 7) is 13.3. The van der Waals surface area contributed by atoms with Crippen molar-refractivity contribution in [3.63, 3.8) is 0 Å². The van der Waals surface area contributed by atoms with Crippen molar-refractivity contribution in [1.82, 2.24) is 35.7 Å². The summed E-state index contributed by atoms with van der Waals surface area (Å²) in [5.74, 6) is 0.934. The fraction of sp³-hybridized carbons (Fsp3) is 0.422. The van der Waals surface area contributed by atoms with Crippen LogP contribution in [0, 0.1) is 11.8 Å². The van der Waals surface area contributed by atoms with Gasteiger partial charge in [-0.05, 0) is 76.3 Å². The van der Waals surface area contributed by atoms with Gasteiger partial charge in [0, 0.05) is 13.1 Å². The Morgan fingerprint density at radius 1 is 0.797 bits per heavy atom. The summed E-state index contributed by atoms with van der Waals surface area (Å²) in [5, 5.41) is 11.3. The first kappa shape index (κ1) is 41.0. The number of nitrogens with one attached hydrogen (secondary N) is 4. The minimum absolute atomic E-state index is 0.00663. The molecule has 1 aromatic heterocycles. The Morgan fingerprint density at radius 3 is 2.07 bits per heavy atom. The minimum Gasteiger partial charge on any atom is -0.453 e. The topological polar surface area (TPSA) is 170 Å². The van der Waals surface area contributed by atoms with E-state index in [1.54, 1.807) is 11.1 Å². The van der Waals surface area contributed by atoms with Gasteiger partial charge in [-0.1, -0.05) is 88.4 Å². The summed E-state index contributed by atoms with van der Waals surface area (Å²) in [7, 11) is 2.58. The molecule has 4 amide bonds. The standard InChI is InChI=1S/C45H54N8O6/c1-25(2)38(50-44(56)58-6)42(54)52-18-8-9-36(52)40-46-23-35(49-40)33-17-16-31-20-30(14-15-32(31)21-33)28-10-12-29(13-11-28)34-22-47-41(48-34)37-19-27(5)24-53(37)43(55)39(26(3)4)51-45(57)59-7/h10-17,20-22,25-26,35-39H,5,8-9,18-19,23-24H2,1-4,6-7H3,(H,46,49)(H,47,48)(H,50,56)(H,51,57)/t35?,36-,37-,38-,39-/m0/s1. The first-order valence-corrected chi connectivity index (χ1v) is 20.3. The number of imidazole rings is 1. The molecule has 0 bridgehead atoms. The van der Waals surface area contributed by atoms with Gasteiger partial charge in [-0.3, -0.25) is 14.6 Å². The lowest BCUT2D eigenvalue weighted by Gasteiger charge is -2.31. The molecule has 310 valence electrons. The van der Waals surface area contributed by atoms with E-state index in [4.69, 9.17) is 14.5 Å². The van der Waals surface area contributed by atoms with E-state index in [-0.39, 0.29) is 41.8 Å². The van der Waals surface area contributed by atoms with Crippen LogP contribution in [-0.2, 0) is 19.1 Å². The van der Waals surface area contributed by atoms with Crippen LogP contribution < -0.4 is 16.0 Å². The number of hydrogen-bond donors (Lipinski definition) is 4. The Labute approximate surface area is 344 Å². The van der Waals surface area contributed by atoms with Crippen molar-refractivity contribution in [2.45, 2.75) is 77.2 Å². The third-order valence-corrected chi connectivity index (χ3v) is 11.6. The lowest BCUT2D eigenvalue weighted by atomic mass is 9.97. The number of rotatable bonds is 11. The number of alkyl carbamates (subject to hydrolysis) is 2. The van der Waals surface area contributed by atoms with Crippen LogP contribution in [0.3, 0.4) is 0 Å². The molecule has 4 N–H and O–H groups in total. The lowest BCUT2D eigenvalue weighted by molar-refractivity contribution is -0.135. The second-order valence-electron chi connectivity index (χ2n) is 16.3. The molecule has 14 nitrogen and oxygen atoms in total. The first-order chi connectivity index (χ1) is 28.3. The minimum atomic E-state index is -0.737. The summed E-state index contributed by atoms with van der Waals surface area (Å²) in [6.07, 6.45) is 2.79. The van der Waals surface area contributed by atoms with Crippen LogP contribution in [0.5, 0.6) is 0 Å². The molecule has 0 aliphatic carbocycles. The third-order valence-electron chi connectivity index (χ3n) is 11.6. The van der Waals surface area contributed by atoms with E-state index >= 15 is 0 Å². The Balaban J connectivity index is 1.00. The van der Waals surface area contributed by atoms with E-state index in [9.17, 15) is 19.2 Å². The molecule has 4 aromatic rings. The van der Waals surface area contributed by atoms with Gasteiger partial charge in [-0.25, -0.2) is 14.6 Å². The van der Waals surface area contributed by atoms with Crippen molar-refractivity contribution < 1.29 is 28.7 Å². The molecule has 2 fully saturated rings. The monoisotopic (exact) mass is 802 g/mol. The highest BCUT2D eigenvalue weighted by atomic mass is 16.5. The molecule has 0 spiro atoms. The van der Waals surface area contributed by atoms with Gasteiger partial charge >= 0.3 is 12.2 Å². The quantitative estimate of drug-likeness (QED) is 0.124. The van der Waals surface area contributed by atoms with Crippen LogP contribution >= 0.6 is 0 Å². The Bertz CT molecular complexity index is 2270. The number of hydrogen-bond acceptors (Lipinski definition) is 9. The fourth-order valence-electron chi connectivity index (χ4n) is 8.35.